The van der Waals surface area contributed by atoms with Gasteiger partial charge in [-0.15, -0.1) is 0 Å². The van der Waals surface area contributed by atoms with Crippen molar-refractivity contribution in [3.8, 4) is 0 Å². The van der Waals surface area contributed by atoms with Gasteiger partial charge in [-0.05, 0) is 28.1 Å². The Morgan fingerprint density at radius 2 is 2.25 bits per heavy atom. The van der Waals surface area contributed by atoms with E-state index in [4.69, 9.17) is 11.6 Å². The second-order valence-electron chi connectivity index (χ2n) is 2.59. The number of nitrogens with zero attached hydrogens (tertiary/aromatic N) is 2. The SMILES string of the molecule is Cn1cc(Br)c2nc(Cl)ccc21. The van der Waals surface area contributed by atoms with Gasteiger partial charge in [-0.3, -0.25) is 0 Å². The summed E-state index contributed by atoms with van der Waals surface area (Å²) in [7, 11) is 1.97. The van der Waals surface area contributed by atoms with E-state index in [1.54, 1.807) is 6.07 Å². The third-order valence-corrected chi connectivity index (χ3v) is 2.54. The Balaban J connectivity index is 2.90. The van der Waals surface area contributed by atoms with Crippen LogP contribution in [0.1, 0.15) is 0 Å². The minimum atomic E-state index is 0.523. The molecule has 0 aromatic carbocycles. The molecular weight excluding hydrogens is 239 g/mol. The van der Waals surface area contributed by atoms with Gasteiger partial charge in [-0.1, -0.05) is 11.6 Å². The lowest BCUT2D eigenvalue weighted by atomic mass is 10.4. The van der Waals surface area contributed by atoms with E-state index in [1.165, 1.54) is 0 Å². The van der Waals surface area contributed by atoms with E-state index >= 15 is 0 Å². The fraction of sp³-hybridized carbons (Fsp3) is 0.125. The number of pyridine rings is 1. The number of fused-ring (bicyclic) bond motifs is 1. The van der Waals surface area contributed by atoms with Crippen LogP contribution in [0.2, 0.25) is 5.15 Å². The molecule has 2 nitrogen and oxygen atoms in total. The molecule has 0 saturated heterocycles. The third-order valence-electron chi connectivity index (χ3n) is 1.75. The minimum Gasteiger partial charge on any atom is -0.348 e. The lowest BCUT2D eigenvalue weighted by Crippen LogP contribution is -1.83. The van der Waals surface area contributed by atoms with Gasteiger partial charge in [0.2, 0.25) is 0 Å². The van der Waals surface area contributed by atoms with Gasteiger partial charge >= 0.3 is 0 Å². The Labute approximate surface area is 83.3 Å². The van der Waals surface area contributed by atoms with Gasteiger partial charge in [-0.2, -0.15) is 0 Å². The van der Waals surface area contributed by atoms with E-state index in [-0.39, 0.29) is 0 Å². The van der Waals surface area contributed by atoms with Crippen molar-refractivity contribution in [1.29, 1.82) is 0 Å². The number of hydrogen-bond acceptors (Lipinski definition) is 1. The van der Waals surface area contributed by atoms with Crippen molar-refractivity contribution >= 4 is 38.6 Å². The van der Waals surface area contributed by atoms with E-state index < -0.39 is 0 Å². The molecule has 0 fully saturated rings. The quantitative estimate of drug-likeness (QED) is 0.653. The maximum absolute atomic E-state index is 5.76. The summed E-state index contributed by atoms with van der Waals surface area (Å²) in [5.74, 6) is 0. The number of halogens is 2. The van der Waals surface area contributed by atoms with Crippen molar-refractivity contribution in [2.75, 3.05) is 0 Å². The maximum Gasteiger partial charge on any atom is 0.129 e. The van der Waals surface area contributed by atoms with Crippen molar-refractivity contribution in [2.24, 2.45) is 7.05 Å². The van der Waals surface area contributed by atoms with Crippen LogP contribution in [0.15, 0.2) is 22.8 Å². The van der Waals surface area contributed by atoms with Crippen LogP contribution in [-0.4, -0.2) is 9.55 Å². The number of rotatable bonds is 0. The van der Waals surface area contributed by atoms with Gasteiger partial charge in [0.15, 0.2) is 0 Å². The summed E-state index contributed by atoms with van der Waals surface area (Å²) in [6.07, 6.45) is 1.97. The Bertz CT molecular complexity index is 436. The molecule has 0 N–H and O–H groups in total. The molecule has 0 radical (unpaired) electrons. The second-order valence-corrected chi connectivity index (χ2v) is 3.83. The molecule has 0 aliphatic heterocycles. The lowest BCUT2D eigenvalue weighted by Gasteiger charge is -1.94. The summed E-state index contributed by atoms with van der Waals surface area (Å²) in [6.45, 7) is 0. The van der Waals surface area contributed by atoms with Crippen molar-refractivity contribution in [1.82, 2.24) is 9.55 Å². The maximum atomic E-state index is 5.76. The molecule has 0 aliphatic rings. The minimum absolute atomic E-state index is 0.523. The first kappa shape index (κ1) is 8.08. The van der Waals surface area contributed by atoms with Gasteiger partial charge in [0, 0.05) is 13.2 Å². The molecular formula is C8H6BrClN2. The summed E-state index contributed by atoms with van der Waals surface area (Å²) >= 11 is 9.17. The van der Waals surface area contributed by atoms with Gasteiger partial charge in [-0.25, -0.2) is 4.98 Å². The summed E-state index contributed by atoms with van der Waals surface area (Å²) in [5, 5.41) is 0.523. The lowest BCUT2D eigenvalue weighted by molar-refractivity contribution is 0.966. The van der Waals surface area contributed by atoms with Crippen LogP contribution >= 0.6 is 27.5 Å². The molecule has 0 atom stereocenters. The van der Waals surface area contributed by atoms with E-state index in [0.717, 1.165) is 15.5 Å². The average Bonchev–Trinajstić information content (AvgIpc) is 2.28. The van der Waals surface area contributed by atoms with Crippen LogP contribution < -0.4 is 0 Å². The van der Waals surface area contributed by atoms with Crippen molar-refractivity contribution < 1.29 is 0 Å². The van der Waals surface area contributed by atoms with Crippen LogP contribution in [0.4, 0.5) is 0 Å². The molecule has 0 spiro atoms. The highest BCUT2D eigenvalue weighted by Gasteiger charge is 2.04. The van der Waals surface area contributed by atoms with E-state index in [2.05, 4.69) is 20.9 Å². The molecule has 4 heteroatoms. The number of aryl methyl sites for hydroxylation is 1. The zero-order valence-corrected chi connectivity index (χ0v) is 8.72. The zero-order chi connectivity index (χ0) is 8.72. The van der Waals surface area contributed by atoms with Crippen LogP contribution in [0, 0.1) is 0 Å². The van der Waals surface area contributed by atoms with Crippen molar-refractivity contribution in [3.63, 3.8) is 0 Å². The molecule has 12 heavy (non-hydrogen) atoms. The van der Waals surface area contributed by atoms with Gasteiger partial charge in [0.05, 0.1) is 9.99 Å². The first-order valence-corrected chi connectivity index (χ1v) is 4.62. The van der Waals surface area contributed by atoms with Gasteiger partial charge in [0.25, 0.3) is 0 Å². The van der Waals surface area contributed by atoms with E-state index in [9.17, 15) is 0 Å². The van der Waals surface area contributed by atoms with E-state index in [1.807, 2.05) is 23.9 Å². The molecule has 0 amide bonds. The van der Waals surface area contributed by atoms with Gasteiger partial charge < -0.3 is 4.57 Å². The molecule has 2 aromatic rings. The molecule has 0 saturated carbocycles. The standard InChI is InChI=1S/C8H6BrClN2/c1-12-4-5(9)8-6(12)2-3-7(10)11-8/h2-4H,1H3. The highest BCUT2D eigenvalue weighted by atomic mass is 79.9. The fourth-order valence-electron chi connectivity index (χ4n) is 1.19. The van der Waals surface area contributed by atoms with Crippen molar-refractivity contribution in [3.05, 3.63) is 28.0 Å². The Hall–Kier alpha value is -0.540. The Morgan fingerprint density at radius 1 is 1.50 bits per heavy atom. The van der Waals surface area contributed by atoms with Crippen LogP contribution in [-0.2, 0) is 7.05 Å². The summed E-state index contributed by atoms with van der Waals surface area (Å²) in [6, 6.07) is 3.74. The summed E-state index contributed by atoms with van der Waals surface area (Å²) < 4.78 is 2.98. The molecule has 2 rings (SSSR count). The third kappa shape index (κ3) is 1.13. The Kier molecular flexibility index (Phi) is 1.85. The molecule has 62 valence electrons. The highest BCUT2D eigenvalue weighted by molar-refractivity contribution is 9.10. The number of aromatic nitrogens is 2. The molecule has 2 heterocycles. The predicted octanol–water partition coefficient (Wildman–Crippen LogP) is 2.99. The molecule has 0 aliphatic carbocycles. The average molecular weight is 246 g/mol. The summed E-state index contributed by atoms with van der Waals surface area (Å²) in [5.41, 5.74) is 1.98. The Morgan fingerprint density at radius 3 is 3.00 bits per heavy atom. The van der Waals surface area contributed by atoms with Crippen LogP contribution in [0.5, 0.6) is 0 Å². The first-order valence-electron chi connectivity index (χ1n) is 3.45. The second kappa shape index (κ2) is 2.75. The molecule has 0 unspecified atom stereocenters. The highest BCUT2D eigenvalue weighted by Crippen LogP contribution is 2.24. The zero-order valence-electron chi connectivity index (χ0n) is 6.38. The fourth-order valence-corrected chi connectivity index (χ4v) is 1.94. The normalized spacial score (nSPS) is 10.9. The van der Waals surface area contributed by atoms with Crippen molar-refractivity contribution in [2.45, 2.75) is 0 Å². The smallest absolute Gasteiger partial charge is 0.129 e. The van der Waals surface area contributed by atoms with E-state index in [0.29, 0.717) is 5.15 Å². The largest absolute Gasteiger partial charge is 0.348 e. The van der Waals surface area contributed by atoms with Gasteiger partial charge in [0.1, 0.15) is 10.7 Å². The first-order chi connectivity index (χ1) is 5.68. The predicted molar refractivity (Wildman–Crippen MR) is 53.4 cm³/mol. The van der Waals surface area contributed by atoms with Crippen LogP contribution in [0.25, 0.3) is 11.0 Å². The topological polar surface area (TPSA) is 17.8 Å². The number of hydrogen-bond donors (Lipinski definition) is 0. The molecule has 0 bridgehead atoms. The monoisotopic (exact) mass is 244 g/mol. The van der Waals surface area contributed by atoms with Crippen LogP contribution in [0.3, 0.4) is 0 Å². The molecule has 2 aromatic heterocycles. The summed E-state index contributed by atoms with van der Waals surface area (Å²) in [4.78, 5) is 4.19.